The molecule has 1 aliphatic rings. The highest BCUT2D eigenvalue weighted by atomic mass is 35.5. The number of alkyl halides is 3. The fourth-order valence-electron chi connectivity index (χ4n) is 2.63. The third-order valence-electron chi connectivity index (χ3n) is 3.84. The maximum absolute atomic E-state index is 13.2. The van der Waals surface area contributed by atoms with Crippen LogP contribution >= 0.6 is 11.6 Å². The van der Waals surface area contributed by atoms with E-state index in [4.69, 9.17) is 11.6 Å². The minimum atomic E-state index is -4.40. The summed E-state index contributed by atoms with van der Waals surface area (Å²) >= 11 is 5.74. The molecule has 2 nitrogen and oxygen atoms in total. The quantitative estimate of drug-likeness (QED) is 0.879. The molecule has 0 aliphatic carbocycles. The van der Waals surface area contributed by atoms with Crippen LogP contribution in [0.4, 0.5) is 18.9 Å². The van der Waals surface area contributed by atoms with Gasteiger partial charge in [-0.3, -0.25) is 0 Å². The van der Waals surface area contributed by atoms with Gasteiger partial charge in [0.25, 0.3) is 0 Å². The Bertz CT molecular complexity index is 488. The Labute approximate surface area is 128 Å². The lowest BCUT2D eigenvalue weighted by atomic mass is 10.0. The summed E-state index contributed by atoms with van der Waals surface area (Å²) in [6, 6.07) is 4.20. The maximum Gasteiger partial charge on any atom is 0.418 e. The van der Waals surface area contributed by atoms with Crippen LogP contribution in [0.15, 0.2) is 18.2 Å². The normalized spacial score (nSPS) is 20.7. The highest BCUT2D eigenvalue weighted by Gasteiger charge is 2.36. The number of anilines is 1. The van der Waals surface area contributed by atoms with Crippen molar-refractivity contribution in [2.24, 2.45) is 5.92 Å². The number of hydrogen-bond acceptors (Lipinski definition) is 2. The van der Waals surface area contributed by atoms with E-state index in [1.54, 1.807) is 0 Å². The Morgan fingerprint density at radius 1 is 1.33 bits per heavy atom. The van der Waals surface area contributed by atoms with E-state index in [9.17, 15) is 13.2 Å². The third-order valence-corrected chi connectivity index (χ3v) is 4.07. The van der Waals surface area contributed by atoms with Gasteiger partial charge in [0.1, 0.15) is 0 Å². The van der Waals surface area contributed by atoms with Crippen LogP contribution < -0.4 is 10.2 Å². The van der Waals surface area contributed by atoms with Gasteiger partial charge in [-0.1, -0.05) is 25.4 Å². The Balaban J connectivity index is 2.35. The molecular weight excluding hydrogens is 301 g/mol. The van der Waals surface area contributed by atoms with Crippen LogP contribution in [0.1, 0.15) is 25.8 Å². The maximum atomic E-state index is 13.2. The second kappa shape index (κ2) is 6.44. The van der Waals surface area contributed by atoms with E-state index in [0.29, 0.717) is 19.0 Å². The molecule has 0 radical (unpaired) electrons. The lowest BCUT2D eigenvalue weighted by molar-refractivity contribution is -0.137. The molecule has 1 unspecified atom stereocenters. The molecular formula is C15H20ClF3N2. The van der Waals surface area contributed by atoms with E-state index < -0.39 is 11.7 Å². The molecule has 0 amide bonds. The van der Waals surface area contributed by atoms with Gasteiger partial charge in [-0.15, -0.1) is 0 Å². The Kier molecular flexibility index (Phi) is 5.04. The van der Waals surface area contributed by atoms with Crippen molar-refractivity contribution in [3.8, 4) is 0 Å². The van der Waals surface area contributed by atoms with Gasteiger partial charge in [0.05, 0.1) is 5.56 Å². The lowest BCUT2D eigenvalue weighted by Crippen LogP contribution is -2.41. The fraction of sp³-hybridized carbons (Fsp3) is 0.600. The summed E-state index contributed by atoms with van der Waals surface area (Å²) in [5.74, 6) is 0.368. The van der Waals surface area contributed by atoms with Crippen LogP contribution in [0.3, 0.4) is 0 Å². The van der Waals surface area contributed by atoms with Gasteiger partial charge >= 0.3 is 6.18 Å². The second-order valence-corrected chi connectivity index (χ2v) is 6.20. The van der Waals surface area contributed by atoms with E-state index >= 15 is 0 Å². The first kappa shape index (κ1) is 16.4. The molecule has 1 aromatic carbocycles. The highest BCUT2D eigenvalue weighted by Crippen LogP contribution is 2.38. The predicted octanol–water partition coefficient (Wildman–Crippen LogP) is 4.18. The van der Waals surface area contributed by atoms with Crippen LogP contribution in [0.5, 0.6) is 0 Å². The number of nitrogens with one attached hydrogen (secondary N) is 1. The van der Waals surface area contributed by atoms with Gasteiger partial charge in [0, 0.05) is 29.8 Å². The van der Waals surface area contributed by atoms with Gasteiger partial charge in [0.2, 0.25) is 0 Å². The third kappa shape index (κ3) is 4.04. The van der Waals surface area contributed by atoms with Gasteiger partial charge < -0.3 is 10.2 Å². The molecule has 118 valence electrons. The summed E-state index contributed by atoms with van der Waals surface area (Å²) in [4.78, 5) is 1.82. The molecule has 1 fully saturated rings. The molecule has 1 atom stereocenters. The van der Waals surface area contributed by atoms with E-state index in [0.717, 1.165) is 19.0 Å². The van der Waals surface area contributed by atoms with Crippen molar-refractivity contribution in [1.82, 2.24) is 5.32 Å². The molecule has 1 aliphatic heterocycles. The Hall–Kier alpha value is -0.940. The van der Waals surface area contributed by atoms with Crippen molar-refractivity contribution in [3.05, 3.63) is 28.8 Å². The Morgan fingerprint density at radius 3 is 2.67 bits per heavy atom. The van der Waals surface area contributed by atoms with Crippen molar-refractivity contribution in [2.45, 2.75) is 32.5 Å². The van der Waals surface area contributed by atoms with Crippen LogP contribution in [0.2, 0.25) is 5.02 Å². The molecule has 21 heavy (non-hydrogen) atoms. The van der Waals surface area contributed by atoms with E-state index in [-0.39, 0.29) is 16.8 Å². The summed E-state index contributed by atoms with van der Waals surface area (Å²) in [5.41, 5.74) is -0.430. The van der Waals surface area contributed by atoms with Crippen molar-refractivity contribution < 1.29 is 13.2 Å². The van der Waals surface area contributed by atoms with Crippen LogP contribution in [-0.4, -0.2) is 25.7 Å². The monoisotopic (exact) mass is 320 g/mol. The first-order chi connectivity index (χ1) is 9.79. The largest absolute Gasteiger partial charge is 0.418 e. The van der Waals surface area contributed by atoms with Crippen molar-refractivity contribution in [3.63, 3.8) is 0 Å². The van der Waals surface area contributed by atoms with Crippen LogP contribution in [0, 0.1) is 5.92 Å². The smallest absolute Gasteiger partial charge is 0.369 e. The summed E-state index contributed by atoms with van der Waals surface area (Å²) in [7, 11) is 0. The summed E-state index contributed by atoms with van der Waals surface area (Å²) in [6.45, 7) is 6.17. The zero-order chi connectivity index (χ0) is 15.6. The standard InChI is InChI=1S/C15H20ClF3N2/c1-10(2)13-9-21(7-3-6-20-13)14-5-4-11(16)8-12(14)15(17,18)19/h4-5,8,10,13,20H,3,6-7,9H2,1-2H3. The molecule has 1 heterocycles. The van der Waals surface area contributed by atoms with E-state index in [1.165, 1.54) is 12.1 Å². The average molecular weight is 321 g/mol. The van der Waals surface area contributed by atoms with Crippen molar-refractivity contribution >= 4 is 17.3 Å². The topological polar surface area (TPSA) is 15.3 Å². The molecule has 0 saturated carbocycles. The zero-order valence-electron chi connectivity index (χ0n) is 12.2. The first-order valence-electron chi connectivity index (χ1n) is 7.14. The van der Waals surface area contributed by atoms with Gasteiger partial charge in [-0.2, -0.15) is 13.2 Å². The van der Waals surface area contributed by atoms with E-state index in [1.807, 2.05) is 4.90 Å². The van der Waals surface area contributed by atoms with Crippen LogP contribution in [0.25, 0.3) is 0 Å². The minimum absolute atomic E-state index is 0.111. The number of nitrogens with zero attached hydrogens (tertiary/aromatic N) is 1. The molecule has 0 spiro atoms. The lowest BCUT2D eigenvalue weighted by Gasteiger charge is -2.30. The zero-order valence-corrected chi connectivity index (χ0v) is 12.9. The highest BCUT2D eigenvalue weighted by molar-refractivity contribution is 6.30. The molecule has 0 bridgehead atoms. The molecule has 2 rings (SSSR count). The first-order valence-corrected chi connectivity index (χ1v) is 7.52. The number of hydrogen-bond donors (Lipinski definition) is 1. The van der Waals surface area contributed by atoms with E-state index in [2.05, 4.69) is 19.2 Å². The molecule has 6 heteroatoms. The second-order valence-electron chi connectivity index (χ2n) is 5.76. The predicted molar refractivity (Wildman–Crippen MR) is 79.9 cm³/mol. The van der Waals surface area contributed by atoms with Crippen LogP contribution in [-0.2, 0) is 6.18 Å². The molecule has 1 aromatic rings. The summed E-state index contributed by atoms with van der Waals surface area (Å²) in [5, 5.41) is 3.51. The SMILES string of the molecule is CC(C)C1CN(c2ccc(Cl)cc2C(F)(F)F)CCCN1. The van der Waals surface area contributed by atoms with Gasteiger partial charge in [-0.25, -0.2) is 0 Å². The number of benzene rings is 1. The summed E-state index contributed by atoms with van der Waals surface area (Å²) < 4.78 is 39.7. The summed E-state index contributed by atoms with van der Waals surface area (Å²) in [6.07, 6.45) is -3.57. The van der Waals surface area contributed by atoms with Gasteiger partial charge in [0.15, 0.2) is 0 Å². The van der Waals surface area contributed by atoms with Gasteiger partial charge in [-0.05, 0) is 37.1 Å². The molecule has 0 aromatic heterocycles. The molecule has 1 N–H and O–H groups in total. The van der Waals surface area contributed by atoms with Crippen molar-refractivity contribution in [2.75, 3.05) is 24.5 Å². The minimum Gasteiger partial charge on any atom is -0.369 e. The van der Waals surface area contributed by atoms with Crippen molar-refractivity contribution in [1.29, 1.82) is 0 Å². The molecule has 1 saturated heterocycles. The fourth-order valence-corrected chi connectivity index (χ4v) is 2.80. The Morgan fingerprint density at radius 2 is 2.05 bits per heavy atom. The number of halogens is 4. The average Bonchev–Trinajstić information content (AvgIpc) is 2.63. The number of rotatable bonds is 2.